The van der Waals surface area contributed by atoms with Crippen LogP contribution in [0, 0.1) is 0 Å². The second-order valence-electron chi connectivity index (χ2n) is 6.91. The van der Waals surface area contributed by atoms with Crippen molar-refractivity contribution in [1.29, 1.82) is 0 Å². The summed E-state index contributed by atoms with van der Waals surface area (Å²) in [7, 11) is 0. The summed E-state index contributed by atoms with van der Waals surface area (Å²) < 4.78 is 5.99. The number of nitrogens with zero attached hydrogens (tertiary/aromatic N) is 1. The minimum absolute atomic E-state index is 0.141. The predicted octanol–water partition coefficient (Wildman–Crippen LogP) is 4.57. The first-order valence-electron chi connectivity index (χ1n) is 9.69. The van der Waals surface area contributed by atoms with Crippen LogP contribution in [0.3, 0.4) is 0 Å². The molecule has 0 unspecified atom stereocenters. The summed E-state index contributed by atoms with van der Waals surface area (Å²) in [4.78, 5) is 26.7. The van der Waals surface area contributed by atoms with Crippen molar-refractivity contribution < 1.29 is 14.3 Å². The van der Waals surface area contributed by atoms with Crippen molar-refractivity contribution in [2.24, 2.45) is 0 Å². The van der Waals surface area contributed by atoms with Crippen LogP contribution in [-0.2, 0) is 9.59 Å². The summed E-state index contributed by atoms with van der Waals surface area (Å²) >= 11 is 0. The lowest BCUT2D eigenvalue weighted by Crippen LogP contribution is -2.26. The molecule has 146 valence electrons. The molecule has 2 amide bonds. The number of rotatable bonds is 6. The van der Waals surface area contributed by atoms with E-state index in [1.54, 1.807) is 4.90 Å². The Morgan fingerprint density at radius 3 is 2.17 bits per heavy atom. The Kier molecular flexibility index (Phi) is 5.56. The van der Waals surface area contributed by atoms with Crippen molar-refractivity contribution >= 4 is 23.2 Å². The molecule has 1 saturated heterocycles. The highest BCUT2D eigenvalue weighted by molar-refractivity contribution is 5.97. The first-order chi connectivity index (χ1) is 14.2. The van der Waals surface area contributed by atoms with Crippen molar-refractivity contribution in [3.05, 3.63) is 90.5 Å². The summed E-state index contributed by atoms with van der Waals surface area (Å²) in [5, 5.41) is 2.92. The van der Waals surface area contributed by atoms with Crippen LogP contribution >= 0.6 is 0 Å². The van der Waals surface area contributed by atoms with E-state index in [0.29, 0.717) is 17.9 Å². The monoisotopic (exact) mass is 386 g/mol. The minimum Gasteiger partial charge on any atom is -0.476 e. The van der Waals surface area contributed by atoms with Crippen LogP contribution < -0.4 is 15.0 Å². The first-order valence-corrected chi connectivity index (χ1v) is 9.69. The maximum absolute atomic E-state index is 13.0. The average Bonchev–Trinajstić information content (AvgIpc) is 3.20. The van der Waals surface area contributed by atoms with Crippen molar-refractivity contribution in [2.45, 2.75) is 18.9 Å². The van der Waals surface area contributed by atoms with Gasteiger partial charge < -0.3 is 15.0 Å². The third-order valence-electron chi connectivity index (χ3n) is 4.86. The number of hydrogen-bond acceptors (Lipinski definition) is 3. The highest BCUT2D eigenvalue weighted by atomic mass is 16.5. The van der Waals surface area contributed by atoms with Gasteiger partial charge in [0.1, 0.15) is 5.75 Å². The summed E-state index contributed by atoms with van der Waals surface area (Å²) in [5.74, 6) is 0.506. The number of amides is 2. The summed E-state index contributed by atoms with van der Waals surface area (Å²) in [6.45, 7) is 0.742. The van der Waals surface area contributed by atoms with Crippen molar-refractivity contribution in [2.75, 3.05) is 16.8 Å². The molecule has 29 heavy (non-hydrogen) atoms. The van der Waals surface area contributed by atoms with Crippen LogP contribution in [0.2, 0.25) is 0 Å². The van der Waals surface area contributed by atoms with Crippen LogP contribution in [0.15, 0.2) is 84.9 Å². The fraction of sp³-hybridized carbons (Fsp3) is 0.167. The maximum Gasteiger partial charge on any atom is 0.270 e. The standard InChI is InChI=1S/C24H22N2O3/c27-22-12-7-17-26(22)20-15-13-19(14-16-20)25-24(28)23(18-8-3-1-4-9-18)29-21-10-5-2-6-11-21/h1-6,8-11,13-16,23H,7,12,17H2,(H,25,28)/t23-/m0/s1. The van der Waals surface area contributed by atoms with E-state index < -0.39 is 6.10 Å². The average molecular weight is 386 g/mol. The van der Waals surface area contributed by atoms with Gasteiger partial charge in [0.05, 0.1) is 0 Å². The van der Waals surface area contributed by atoms with Gasteiger partial charge in [-0.25, -0.2) is 0 Å². The zero-order valence-electron chi connectivity index (χ0n) is 16.0. The fourth-order valence-corrected chi connectivity index (χ4v) is 3.39. The molecule has 1 aliphatic rings. The zero-order chi connectivity index (χ0) is 20.1. The second kappa shape index (κ2) is 8.61. The molecule has 0 radical (unpaired) electrons. The van der Waals surface area contributed by atoms with E-state index in [-0.39, 0.29) is 11.8 Å². The summed E-state index contributed by atoms with van der Waals surface area (Å²) in [6.07, 6.45) is 0.694. The molecule has 4 rings (SSSR count). The predicted molar refractivity (Wildman–Crippen MR) is 113 cm³/mol. The number of carbonyl (C=O) groups excluding carboxylic acids is 2. The molecular formula is C24H22N2O3. The van der Waals surface area contributed by atoms with Gasteiger partial charge in [0.2, 0.25) is 12.0 Å². The Bertz CT molecular complexity index is 972. The third kappa shape index (κ3) is 4.46. The van der Waals surface area contributed by atoms with Crippen LogP contribution in [-0.4, -0.2) is 18.4 Å². The minimum atomic E-state index is -0.779. The quantitative estimate of drug-likeness (QED) is 0.675. The van der Waals surface area contributed by atoms with Gasteiger partial charge in [-0.15, -0.1) is 0 Å². The van der Waals surface area contributed by atoms with Crippen molar-refractivity contribution in [3.8, 4) is 5.75 Å². The lowest BCUT2D eigenvalue weighted by Gasteiger charge is -2.20. The number of anilines is 2. The van der Waals surface area contributed by atoms with Gasteiger partial charge in [-0.3, -0.25) is 9.59 Å². The molecule has 1 atom stereocenters. The zero-order valence-corrected chi connectivity index (χ0v) is 16.0. The molecule has 1 fully saturated rings. The number of nitrogens with one attached hydrogen (secondary N) is 1. The molecule has 1 aliphatic heterocycles. The number of benzene rings is 3. The van der Waals surface area contributed by atoms with Gasteiger partial charge in [-0.1, -0.05) is 48.5 Å². The van der Waals surface area contributed by atoms with Crippen LogP contribution in [0.1, 0.15) is 24.5 Å². The van der Waals surface area contributed by atoms with E-state index in [1.807, 2.05) is 84.9 Å². The Balaban J connectivity index is 1.51. The number of ether oxygens (including phenoxy) is 1. The molecule has 0 bridgehead atoms. The number of hydrogen-bond donors (Lipinski definition) is 1. The summed E-state index contributed by atoms with van der Waals surface area (Å²) in [6, 6.07) is 26.0. The molecule has 1 heterocycles. The van der Waals surface area contributed by atoms with Gasteiger partial charge >= 0.3 is 0 Å². The molecule has 0 aliphatic carbocycles. The Labute approximate surface area is 169 Å². The molecular weight excluding hydrogens is 364 g/mol. The molecule has 0 aromatic heterocycles. The van der Waals surface area contributed by atoms with Crippen LogP contribution in [0.25, 0.3) is 0 Å². The fourth-order valence-electron chi connectivity index (χ4n) is 3.39. The smallest absolute Gasteiger partial charge is 0.270 e. The second-order valence-corrected chi connectivity index (χ2v) is 6.91. The van der Waals surface area contributed by atoms with Gasteiger partial charge in [0.25, 0.3) is 5.91 Å². The van der Waals surface area contributed by atoms with Crippen molar-refractivity contribution in [1.82, 2.24) is 0 Å². The lowest BCUT2D eigenvalue weighted by atomic mass is 10.1. The first kappa shape index (κ1) is 18.7. The highest BCUT2D eigenvalue weighted by Gasteiger charge is 2.24. The van der Waals surface area contributed by atoms with E-state index >= 15 is 0 Å². The molecule has 5 nitrogen and oxygen atoms in total. The molecule has 1 N–H and O–H groups in total. The van der Waals surface area contributed by atoms with E-state index in [9.17, 15) is 9.59 Å². The van der Waals surface area contributed by atoms with Gasteiger partial charge in [-0.2, -0.15) is 0 Å². The normalized spacial score (nSPS) is 14.5. The lowest BCUT2D eigenvalue weighted by molar-refractivity contribution is -0.123. The van der Waals surface area contributed by atoms with E-state index in [2.05, 4.69) is 5.32 Å². The molecule has 0 saturated carbocycles. The van der Waals surface area contributed by atoms with E-state index in [4.69, 9.17) is 4.74 Å². The summed E-state index contributed by atoms with van der Waals surface area (Å²) in [5.41, 5.74) is 2.28. The molecule has 3 aromatic rings. The van der Waals surface area contributed by atoms with Gasteiger partial charge in [0.15, 0.2) is 0 Å². The number of carbonyl (C=O) groups is 2. The van der Waals surface area contributed by atoms with Gasteiger partial charge in [0, 0.05) is 29.9 Å². The largest absolute Gasteiger partial charge is 0.476 e. The van der Waals surface area contributed by atoms with E-state index in [1.165, 1.54) is 0 Å². The van der Waals surface area contributed by atoms with Gasteiger partial charge in [-0.05, 0) is 42.8 Å². The molecule has 0 spiro atoms. The molecule has 5 heteroatoms. The van der Waals surface area contributed by atoms with Crippen LogP contribution in [0.4, 0.5) is 11.4 Å². The molecule has 3 aromatic carbocycles. The van der Waals surface area contributed by atoms with Crippen molar-refractivity contribution in [3.63, 3.8) is 0 Å². The topological polar surface area (TPSA) is 58.6 Å². The van der Waals surface area contributed by atoms with E-state index in [0.717, 1.165) is 24.2 Å². The Hall–Kier alpha value is -3.60. The SMILES string of the molecule is O=C(Nc1ccc(N2CCCC2=O)cc1)[C@@H](Oc1ccccc1)c1ccccc1. The Morgan fingerprint density at radius 2 is 1.55 bits per heavy atom. The maximum atomic E-state index is 13.0. The third-order valence-corrected chi connectivity index (χ3v) is 4.86. The highest BCUT2D eigenvalue weighted by Crippen LogP contribution is 2.26. The number of para-hydroxylation sites is 1. The Morgan fingerprint density at radius 1 is 0.897 bits per heavy atom. The van der Waals surface area contributed by atoms with Crippen LogP contribution in [0.5, 0.6) is 5.75 Å².